The van der Waals surface area contributed by atoms with Gasteiger partial charge >= 0.3 is 0 Å². The maximum Gasteiger partial charge on any atom is -0.0251 e. The van der Waals surface area contributed by atoms with Crippen molar-refractivity contribution in [3.8, 4) is 0 Å². The fraction of sp³-hybridized carbons (Fsp3) is 0.733. The maximum absolute atomic E-state index is 4.16. The van der Waals surface area contributed by atoms with Crippen molar-refractivity contribution in [2.45, 2.75) is 39.0 Å². The second-order valence-electron chi connectivity index (χ2n) is 6.15. The number of rotatable bonds is 3. The Hall–Kier alpha value is -0.520. The fourth-order valence-electron chi connectivity index (χ4n) is 4.47. The van der Waals surface area contributed by atoms with Crippen molar-refractivity contribution in [2.75, 3.05) is 0 Å². The van der Waals surface area contributed by atoms with E-state index in [9.17, 15) is 0 Å². The molecular weight excluding hydrogens is 180 g/mol. The van der Waals surface area contributed by atoms with Gasteiger partial charge in [0.05, 0.1) is 0 Å². The van der Waals surface area contributed by atoms with E-state index in [1.165, 1.54) is 30.4 Å². The van der Waals surface area contributed by atoms with Gasteiger partial charge in [-0.25, -0.2) is 0 Å². The molecule has 3 aliphatic rings. The molecule has 0 saturated heterocycles. The third-order valence-corrected chi connectivity index (χ3v) is 5.44. The van der Waals surface area contributed by atoms with E-state index in [-0.39, 0.29) is 0 Å². The molecule has 82 valence electrons. The smallest absolute Gasteiger partial charge is 0.0251 e. The third kappa shape index (κ3) is 1.33. The van der Waals surface area contributed by atoms with Crippen molar-refractivity contribution < 1.29 is 0 Å². The average Bonchev–Trinajstić information content (AvgIpc) is 2.55. The predicted molar refractivity (Wildman–Crippen MR) is 64.5 cm³/mol. The molecule has 2 bridgehead atoms. The summed E-state index contributed by atoms with van der Waals surface area (Å²) < 4.78 is 0. The molecule has 0 aromatic carbocycles. The molecule has 3 rings (SSSR count). The van der Waals surface area contributed by atoms with Crippen LogP contribution < -0.4 is 0 Å². The summed E-state index contributed by atoms with van der Waals surface area (Å²) in [5, 5.41) is 0. The largest absolute Gasteiger partial charge is 0.0959 e. The first-order valence-electron chi connectivity index (χ1n) is 6.50. The Balaban J connectivity index is 1.66. The molecular formula is C15H22. The zero-order chi connectivity index (χ0) is 10.6. The Morgan fingerprint density at radius 1 is 1.07 bits per heavy atom. The molecule has 0 spiro atoms. The van der Waals surface area contributed by atoms with Gasteiger partial charge in [0.15, 0.2) is 0 Å². The Morgan fingerprint density at radius 2 is 1.80 bits per heavy atom. The van der Waals surface area contributed by atoms with Crippen molar-refractivity contribution in [3.63, 3.8) is 0 Å². The zero-order valence-corrected chi connectivity index (χ0v) is 9.84. The van der Waals surface area contributed by atoms with Crippen molar-refractivity contribution in [1.29, 1.82) is 0 Å². The minimum Gasteiger partial charge on any atom is -0.0959 e. The van der Waals surface area contributed by atoms with Crippen LogP contribution in [0, 0.1) is 29.6 Å². The number of hydrogen-bond acceptors (Lipinski definition) is 0. The van der Waals surface area contributed by atoms with Gasteiger partial charge in [-0.1, -0.05) is 24.3 Å². The van der Waals surface area contributed by atoms with Gasteiger partial charge in [0.25, 0.3) is 0 Å². The summed E-state index contributed by atoms with van der Waals surface area (Å²) >= 11 is 0. The molecule has 0 heteroatoms. The lowest BCUT2D eigenvalue weighted by Gasteiger charge is -2.43. The first kappa shape index (κ1) is 9.69. The lowest BCUT2D eigenvalue weighted by molar-refractivity contribution is 0.0661. The minimum absolute atomic E-state index is 0.959. The summed E-state index contributed by atoms with van der Waals surface area (Å²) in [6.45, 7) is 10.3. The lowest BCUT2D eigenvalue weighted by Crippen LogP contribution is -2.35. The molecule has 3 fully saturated rings. The quantitative estimate of drug-likeness (QED) is 0.602. The van der Waals surface area contributed by atoms with Crippen molar-refractivity contribution in [3.05, 3.63) is 24.3 Å². The highest BCUT2D eigenvalue weighted by Crippen LogP contribution is 2.64. The van der Waals surface area contributed by atoms with Gasteiger partial charge in [0, 0.05) is 0 Å². The summed E-state index contributed by atoms with van der Waals surface area (Å²) in [6, 6.07) is 0. The molecule has 5 atom stereocenters. The van der Waals surface area contributed by atoms with Gasteiger partial charge in [-0.15, -0.1) is 0 Å². The summed E-state index contributed by atoms with van der Waals surface area (Å²) in [5.74, 6) is 5.37. The molecule has 0 heterocycles. The summed E-state index contributed by atoms with van der Waals surface area (Å²) in [4.78, 5) is 0. The van der Waals surface area contributed by atoms with Gasteiger partial charge in [0.2, 0.25) is 0 Å². The summed E-state index contributed by atoms with van der Waals surface area (Å²) in [6.07, 6.45) is 7.35. The Labute approximate surface area is 93.5 Å². The standard InChI is InChI=1S/C15H22/c1-9(2)10(3)6-11-7-12-8-15(11)14-5-4-13(12)14/h11-15H,1,3-8H2,2H3. The van der Waals surface area contributed by atoms with E-state index in [1.807, 2.05) is 0 Å². The first-order chi connectivity index (χ1) is 7.16. The van der Waals surface area contributed by atoms with Crippen molar-refractivity contribution >= 4 is 0 Å². The van der Waals surface area contributed by atoms with Crippen molar-refractivity contribution in [2.24, 2.45) is 29.6 Å². The molecule has 0 amide bonds. The van der Waals surface area contributed by atoms with E-state index >= 15 is 0 Å². The van der Waals surface area contributed by atoms with Gasteiger partial charge in [-0.2, -0.15) is 0 Å². The average molecular weight is 202 g/mol. The molecule has 0 aromatic rings. The van der Waals surface area contributed by atoms with Gasteiger partial charge in [0.1, 0.15) is 0 Å². The molecule has 5 unspecified atom stereocenters. The van der Waals surface area contributed by atoms with Crippen LogP contribution in [0.4, 0.5) is 0 Å². The SMILES string of the molecule is C=C(C)C(=C)CC1CC2CC1C1CCC21. The first-order valence-corrected chi connectivity index (χ1v) is 6.50. The molecule has 0 aromatic heterocycles. The van der Waals surface area contributed by atoms with Crippen LogP contribution in [-0.2, 0) is 0 Å². The molecule has 0 radical (unpaired) electrons. The summed E-state index contributed by atoms with van der Waals surface area (Å²) in [7, 11) is 0. The topological polar surface area (TPSA) is 0 Å². The van der Waals surface area contributed by atoms with Gasteiger partial charge < -0.3 is 0 Å². The van der Waals surface area contributed by atoms with Gasteiger partial charge in [-0.3, -0.25) is 0 Å². The lowest BCUT2D eigenvalue weighted by atomic mass is 9.62. The van der Waals surface area contributed by atoms with Crippen LogP contribution in [0.2, 0.25) is 0 Å². The van der Waals surface area contributed by atoms with E-state index < -0.39 is 0 Å². The normalized spacial score (nSPS) is 46.1. The van der Waals surface area contributed by atoms with E-state index in [4.69, 9.17) is 0 Å². The summed E-state index contributed by atoms with van der Waals surface area (Å²) in [5.41, 5.74) is 2.51. The molecule has 3 saturated carbocycles. The second kappa shape index (κ2) is 3.23. The van der Waals surface area contributed by atoms with Crippen LogP contribution in [0.5, 0.6) is 0 Å². The number of allylic oxidation sites excluding steroid dienone is 2. The van der Waals surface area contributed by atoms with Crippen LogP contribution in [0.1, 0.15) is 39.0 Å². The maximum atomic E-state index is 4.16. The molecule has 0 N–H and O–H groups in total. The Morgan fingerprint density at radius 3 is 2.33 bits per heavy atom. The highest BCUT2D eigenvalue weighted by molar-refractivity contribution is 5.24. The minimum atomic E-state index is 0.959. The molecule has 0 aliphatic heterocycles. The van der Waals surface area contributed by atoms with Crippen LogP contribution in [0.25, 0.3) is 0 Å². The van der Waals surface area contributed by atoms with E-state index in [2.05, 4.69) is 20.1 Å². The third-order valence-electron chi connectivity index (χ3n) is 5.44. The highest BCUT2D eigenvalue weighted by atomic mass is 14.6. The second-order valence-corrected chi connectivity index (χ2v) is 6.15. The van der Waals surface area contributed by atoms with Gasteiger partial charge in [-0.05, 0) is 68.6 Å². The fourth-order valence-corrected chi connectivity index (χ4v) is 4.47. The highest BCUT2D eigenvalue weighted by Gasteiger charge is 2.55. The monoisotopic (exact) mass is 202 g/mol. The van der Waals surface area contributed by atoms with E-state index in [1.54, 1.807) is 12.8 Å². The Bertz CT molecular complexity index is 310. The molecule has 3 aliphatic carbocycles. The van der Waals surface area contributed by atoms with Crippen LogP contribution in [0.15, 0.2) is 24.3 Å². The van der Waals surface area contributed by atoms with E-state index in [0.29, 0.717) is 0 Å². The number of hydrogen-bond donors (Lipinski definition) is 0. The van der Waals surface area contributed by atoms with E-state index in [0.717, 1.165) is 29.6 Å². The van der Waals surface area contributed by atoms with Crippen molar-refractivity contribution in [1.82, 2.24) is 0 Å². The number of fused-ring (bicyclic) bond motifs is 5. The Kier molecular flexibility index (Phi) is 2.09. The van der Waals surface area contributed by atoms with Crippen LogP contribution in [0.3, 0.4) is 0 Å². The predicted octanol–water partition coefficient (Wildman–Crippen LogP) is 4.19. The van der Waals surface area contributed by atoms with Crippen LogP contribution >= 0.6 is 0 Å². The zero-order valence-electron chi connectivity index (χ0n) is 9.84. The molecule has 15 heavy (non-hydrogen) atoms. The molecule has 0 nitrogen and oxygen atoms in total. The van der Waals surface area contributed by atoms with Crippen LogP contribution in [-0.4, -0.2) is 0 Å².